The zero-order valence-corrected chi connectivity index (χ0v) is 50.0. The lowest BCUT2D eigenvalue weighted by molar-refractivity contribution is -0.167. The van der Waals surface area contributed by atoms with E-state index >= 15 is 0 Å². The first-order valence-corrected chi connectivity index (χ1v) is 32.2. The molecule has 1 atom stereocenters. The molecule has 0 spiro atoms. The quantitative estimate of drug-likeness (QED) is 0.0261. The first-order valence-electron chi connectivity index (χ1n) is 32.2. The van der Waals surface area contributed by atoms with Gasteiger partial charge in [0.2, 0.25) is 0 Å². The molecule has 436 valence electrons. The van der Waals surface area contributed by atoms with Gasteiger partial charge in [-0.3, -0.25) is 14.4 Å². The van der Waals surface area contributed by atoms with Crippen molar-refractivity contribution in [1.82, 2.24) is 0 Å². The number of rotatable bonds is 58. The van der Waals surface area contributed by atoms with E-state index in [1.54, 1.807) is 0 Å². The summed E-state index contributed by atoms with van der Waals surface area (Å²) in [6.07, 6.45) is 85.7. The molecule has 6 nitrogen and oxygen atoms in total. The Kier molecular flexibility index (Phi) is 60.8. The molecule has 6 heteroatoms. The van der Waals surface area contributed by atoms with Gasteiger partial charge in [-0.05, 0) is 83.5 Å². The molecule has 0 rings (SSSR count). The van der Waals surface area contributed by atoms with Gasteiger partial charge < -0.3 is 14.2 Å². The zero-order valence-electron chi connectivity index (χ0n) is 50.0. The van der Waals surface area contributed by atoms with Crippen molar-refractivity contribution >= 4 is 17.9 Å². The Morgan fingerprint density at radius 3 is 0.803 bits per heavy atom. The lowest BCUT2D eigenvalue weighted by Crippen LogP contribution is -2.30. The summed E-state index contributed by atoms with van der Waals surface area (Å²) < 4.78 is 16.9. The largest absolute Gasteiger partial charge is 0.462 e. The Balaban J connectivity index is 4.15. The van der Waals surface area contributed by atoms with Crippen LogP contribution in [0.15, 0.2) is 97.2 Å². The monoisotopic (exact) mass is 1060 g/mol. The Bertz CT molecular complexity index is 1490. The highest BCUT2D eigenvalue weighted by Crippen LogP contribution is 2.17. The SMILES string of the molecule is CC/C=C\C/C=C\C/C=C\C/C=C\C/C=C\C/C=C\C/C=C\C/C=C\CCCCCCCCCCC(=O)OCC(COC(=O)CCCCCCCCCC)OC(=O)CCCCCCCCCCCCCCCCCCC. The van der Waals surface area contributed by atoms with Crippen molar-refractivity contribution in [3.8, 4) is 0 Å². The lowest BCUT2D eigenvalue weighted by atomic mass is 10.0. The molecule has 0 saturated heterocycles. The second-order valence-electron chi connectivity index (χ2n) is 21.3. The fraction of sp³-hybridized carbons (Fsp3) is 0.729. The summed E-state index contributed by atoms with van der Waals surface area (Å²) in [5, 5.41) is 0. The highest BCUT2D eigenvalue weighted by Gasteiger charge is 2.19. The molecule has 0 bridgehead atoms. The van der Waals surface area contributed by atoms with Crippen LogP contribution in [0.4, 0.5) is 0 Å². The predicted octanol–water partition coefficient (Wildman–Crippen LogP) is 22.0. The molecule has 76 heavy (non-hydrogen) atoms. The van der Waals surface area contributed by atoms with E-state index in [1.165, 1.54) is 154 Å². The highest BCUT2D eigenvalue weighted by molar-refractivity contribution is 5.71. The number of hydrogen-bond acceptors (Lipinski definition) is 6. The van der Waals surface area contributed by atoms with E-state index in [9.17, 15) is 14.4 Å². The van der Waals surface area contributed by atoms with Gasteiger partial charge in [0.15, 0.2) is 6.10 Å². The van der Waals surface area contributed by atoms with Crippen LogP contribution >= 0.6 is 0 Å². The van der Waals surface area contributed by atoms with Crippen LogP contribution in [0, 0.1) is 0 Å². The van der Waals surface area contributed by atoms with Gasteiger partial charge in [0.25, 0.3) is 0 Å². The summed E-state index contributed by atoms with van der Waals surface area (Å²) in [6, 6.07) is 0. The van der Waals surface area contributed by atoms with Crippen LogP contribution in [0.1, 0.15) is 310 Å². The van der Waals surface area contributed by atoms with Gasteiger partial charge in [0, 0.05) is 19.3 Å². The number of esters is 3. The Morgan fingerprint density at radius 2 is 0.513 bits per heavy atom. The maximum Gasteiger partial charge on any atom is 0.306 e. The van der Waals surface area contributed by atoms with Crippen molar-refractivity contribution in [3.63, 3.8) is 0 Å². The number of unbranched alkanes of at least 4 members (excludes halogenated alkanes) is 31. The summed E-state index contributed by atoms with van der Waals surface area (Å²) in [6.45, 7) is 6.52. The van der Waals surface area contributed by atoms with Gasteiger partial charge in [0.05, 0.1) is 0 Å². The average Bonchev–Trinajstić information content (AvgIpc) is 3.42. The molecule has 0 aliphatic rings. The number of carbonyl (C=O) groups excluding carboxylic acids is 3. The minimum absolute atomic E-state index is 0.0755. The van der Waals surface area contributed by atoms with Gasteiger partial charge >= 0.3 is 17.9 Å². The van der Waals surface area contributed by atoms with Crippen LogP contribution < -0.4 is 0 Å². The van der Waals surface area contributed by atoms with E-state index in [1.807, 2.05) is 0 Å². The van der Waals surface area contributed by atoms with E-state index < -0.39 is 6.10 Å². The van der Waals surface area contributed by atoms with Crippen LogP contribution in [0.25, 0.3) is 0 Å². The molecule has 0 aliphatic heterocycles. The third-order valence-electron chi connectivity index (χ3n) is 13.9. The first kappa shape index (κ1) is 72.3. The molecule has 0 aromatic carbocycles. The molecular formula is C70H120O6. The molecule has 0 amide bonds. The Labute approximate surface area is 470 Å². The average molecular weight is 1060 g/mol. The number of carbonyl (C=O) groups is 3. The zero-order chi connectivity index (χ0) is 55.0. The number of hydrogen-bond donors (Lipinski definition) is 0. The van der Waals surface area contributed by atoms with Crippen molar-refractivity contribution < 1.29 is 28.6 Å². The van der Waals surface area contributed by atoms with Crippen molar-refractivity contribution in [3.05, 3.63) is 97.2 Å². The fourth-order valence-corrected chi connectivity index (χ4v) is 9.05. The van der Waals surface area contributed by atoms with E-state index in [4.69, 9.17) is 14.2 Å². The van der Waals surface area contributed by atoms with Crippen molar-refractivity contribution in [2.24, 2.45) is 0 Å². The van der Waals surface area contributed by atoms with Gasteiger partial charge in [0.1, 0.15) is 13.2 Å². The number of allylic oxidation sites excluding steroid dienone is 16. The standard InChI is InChI=1S/C70H120O6/c1-4-7-10-13-16-19-21-23-25-27-28-29-30-31-32-33-34-35-36-37-38-39-40-41-42-44-45-47-49-51-54-57-60-63-69(72)75-66-67(65-74-68(71)62-59-56-53-18-15-12-9-6-3)76-70(73)64-61-58-55-52-50-48-46-43-26-24-22-20-17-14-11-8-5-2/h7,10,16,19,23,25,28-29,31-32,34-35,37-38,40-41,67H,4-6,8-9,11-15,17-18,20-22,24,26-27,30,33,36,39,42-66H2,1-3H3/b10-7-,19-16-,25-23-,29-28-,32-31-,35-34-,38-37-,41-40-. The summed E-state index contributed by atoms with van der Waals surface area (Å²) in [5.41, 5.74) is 0. The maximum absolute atomic E-state index is 12.9. The highest BCUT2D eigenvalue weighted by atomic mass is 16.6. The molecule has 0 heterocycles. The Hall–Kier alpha value is -3.67. The van der Waals surface area contributed by atoms with Crippen LogP contribution in [-0.4, -0.2) is 37.2 Å². The van der Waals surface area contributed by atoms with E-state index in [0.29, 0.717) is 19.3 Å². The molecule has 0 radical (unpaired) electrons. The fourth-order valence-electron chi connectivity index (χ4n) is 9.05. The van der Waals surface area contributed by atoms with Crippen molar-refractivity contribution in [1.29, 1.82) is 0 Å². The molecular weight excluding hydrogens is 937 g/mol. The molecule has 0 N–H and O–H groups in total. The predicted molar refractivity (Wildman–Crippen MR) is 330 cm³/mol. The topological polar surface area (TPSA) is 78.9 Å². The third-order valence-corrected chi connectivity index (χ3v) is 13.9. The number of ether oxygens (including phenoxy) is 3. The summed E-state index contributed by atoms with van der Waals surface area (Å²) in [5.74, 6) is -0.877. The van der Waals surface area contributed by atoms with Gasteiger partial charge in [-0.15, -0.1) is 0 Å². The van der Waals surface area contributed by atoms with Gasteiger partial charge in [-0.2, -0.15) is 0 Å². The molecule has 0 aromatic heterocycles. The molecule has 0 fully saturated rings. The third kappa shape index (κ3) is 61.2. The minimum Gasteiger partial charge on any atom is -0.462 e. The van der Waals surface area contributed by atoms with Gasteiger partial charge in [-0.1, -0.05) is 304 Å². The van der Waals surface area contributed by atoms with Crippen LogP contribution in [0.3, 0.4) is 0 Å². The minimum atomic E-state index is -0.776. The first-order chi connectivity index (χ1) is 37.5. The van der Waals surface area contributed by atoms with Crippen LogP contribution in [0.2, 0.25) is 0 Å². The Morgan fingerprint density at radius 1 is 0.276 bits per heavy atom. The van der Waals surface area contributed by atoms with Crippen molar-refractivity contribution in [2.75, 3.05) is 13.2 Å². The van der Waals surface area contributed by atoms with Crippen molar-refractivity contribution in [2.45, 2.75) is 316 Å². The van der Waals surface area contributed by atoms with E-state index in [-0.39, 0.29) is 31.1 Å². The summed E-state index contributed by atoms with van der Waals surface area (Å²) >= 11 is 0. The van der Waals surface area contributed by atoms with Gasteiger partial charge in [-0.25, -0.2) is 0 Å². The maximum atomic E-state index is 12.9. The molecule has 1 unspecified atom stereocenters. The van der Waals surface area contributed by atoms with E-state index in [2.05, 4.69) is 118 Å². The smallest absolute Gasteiger partial charge is 0.306 e. The second-order valence-corrected chi connectivity index (χ2v) is 21.3. The van der Waals surface area contributed by atoms with Crippen LogP contribution in [0.5, 0.6) is 0 Å². The molecule has 0 aliphatic carbocycles. The van der Waals surface area contributed by atoms with E-state index in [0.717, 1.165) is 116 Å². The second kappa shape index (κ2) is 63.9. The summed E-state index contributed by atoms with van der Waals surface area (Å²) in [7, 11) is 0. The molecule has 0 aromatic rings. The molecule has 0 saturated carbocycles. The lowest BCUT2D eigenvalue weighted by Gasteiger charge is -2.18. The normalized spacial score (nSPS) is 12.7. The summed E-state index contributed by atoms with van der Waals surface area (Å²) in [4.78, 5) is 38.1. The van der Waals surface area contributed by atoms with Crippen LogP contribution in [-0.2, 0) is 28.6 Å².